The maximum atomic E-state index is 10.7. The van der Waals surface area contributed by atoms with Crippen molar-refractivity contribution >= 4 is 16.7 Å². The van der Waals surface area contributed by atoms with E-state index in [-0.39, 0.29) is 5.41 Å². The van der Waals surface area contributed by atoms with Gasteiger partial charge in [-0.1, -0.05) is 12.1 Å². The lowest BCUT2D eigenvalue weighted by Crippen LogP contribution is -2.53. The Bertz CT molecular complexity index is 1200. The number of nitrogens with zero attached hydrogens (tertiary/aromatic N) is 6. The van der Waals surface area contributed by atoms with Crippen LogP contribution in [0.4, 0.5) is 5.82 Å². The van der Waals surface area contributed by atoms with Gasteiger partial charge in [-0.25, -0.2) is 14.6 Å². The smallest absolute Gasteiger partial charge is 0.159 e. The van der Waals surface area contributed by atoms with Gasteiger partial charge in [0.25, 0.3) is 0 Å². The standard InChI is InChI=1S/C24H28N6O2/c1-22(2,31)24(32-3)9-10-29(15-24)20-12-21(27-16-26-20)30-19-11-18(6-5-17(19)13-28-30)23(14-25)7-4-8-23/h5-6,11-13,16,31H,4,7-10,15H2,1-3H3. The van der Waals surface area contributed by atoms with Crippen LogP contribution in [-0.4, -0.2) is 56.3 Å². The summed E-state index contributed by atoms with van der Waals surface area (Å²) in [5.41, 5.74) is -0.0305. The van der Waals surface area contributed by atoms with Crippen molar-refractivity contribution in [3.8, 4) is 11.9 Å². The normalized spacial score (nSPS) is 22.7. The fourth-order valence-electron chi connectivity index (χ4n) is 5.01. The summed E-state index contributed by atoms with van der Waals surface area (Å²) in [4.78, 5) is 11.1. The van der Waals surface area contributed by atoms with Crippen molar-refractivity contribution in [2.45, 2.75) is 56.1 Å². The van der Waals surface area contributed by atoms with E-state index in [1.54, 1.807) is 27.3 Å². The SMILES string of the molecule is COC1(C(C)(C)O)CCN(c2cc(-n3ncc4ccc(C5(C#N)CCC5)cc43)ncn2)C1. The lowest BCUT2D eigenvalue weighted by Gasteiger charge is -2.39. The lowest BCUT2D eigenvalue weighted by atomic mass is 9.65. The molecule has 1 saturated heterocycles. The lowest BCUT2D eigenvalue weighted by molar-refractivity contribution is -0.138. The van der Waals surface area contributed by atoms with E-state index in [1.807, 2.05) is 29.1 Å². The van der Waals surface area contributed by atoms with E-state index in [9.17, 15) is 10.4 Å². The number of benzene rings is 1. The van der Waals surface area contributed by atoms with E-state index in [0.717, 1.165) is 48.1 Å². The quantitative estimate of drug-likeness (QED) is 0.661. The summed E-state index contributed by atoms with van der Waals surface area (Å²) in [5.74, 6) is 1.44. The zero-order chi connectivity index (χ0) is 22.6. The van der Waals surface area contributed by atoms with Crippen LogP contribution in [0, 0.1) is 11.3 Å². The highest BCUT2D eigenvalue weighted by Gasteiger charge is 2.49. The van der Waals surface area contributed by atoms with Crippen molar-refractivity contribution in [2.75, 3.05) is 25.1 Å². The molecule has 1 aliphatic carbocycles. The number of aliphatic hydroxyl groups is 1. The molecule has 166 valence electrons. The highest BCUT2D eigenvalue weighted by Crippen LogP contribution is 2.44. The largest absolute Gasteiger partial charge is 0.387 e. The summed E-state index contributed by atoms with van der Waals surface area (Å²) in [5, 5.41) is 26.0. The third-order valence-electron chi connectivity index (χ3n) is 7.46. The van der Waals surface area contributed by atoms with Gasteiger partial charge in [0.1, 0.15) is 17.7 Å². The Labute approximate surface area is 187 Å². The van der Waals surface area contributed by atoms with Crippen LogP contribution in [0.25, 0.3) is 16.7 Å². The van der Waals surface area contributed by atoms with Gasteiger partial charge in [0.2, 0.25) is 0 Å². The van der Waals surface area contributed by atoms with Crippen LogP contribution in [0.1, 0.15) is 45.1 Å². The maximum absolute atomic E-state index is 10.7. The van der Waals surface area contributed by atoms with Crippen LogP contribution in [0.15, 0.2) is 36.8 Å². The number of fused-ring (bicyclic) bond motifs is 1. The average molecular weight is 433 g/mol. The zero-order valence-electron chi connectivity index (χ0n) is 18.7. The molecule has 5 rings (SSSR count). The molecular formula is C24H28N6O2. The molecule has 32 heavy (non-hydrogen) atoms. The van der Waals surface area contributed by atoms with Gasteiger partial charge >= 0.3 is 0 Å². The van der Waals surface area contributed by atoms with E-state index in [2.05, 4.69) is 32.1 Å². The Hall–Kier alpha value is -3.02. The average Bonchev–Trinajstić information content (AvgIpc) is 3.38. The molecule has 2 fully saturated rings. The van der Waals surface area contributed by atoms with Crippen LogP contribution in [-0.2, 0) is 10.2 Å². The van der Waals surface area contributed by atoms with Crippen LogP contribution in [0.3, 0.4) is 0 Å². The molecule has 8 nitrogen and oxygen atoms in total. The third kappa shape index (κ3) is 3.07. The first-order valence-electron chi connectivity index (χ1n) is 11.1. The Kier molecular flexibility index (Phi) is 4.73. The summed E-state index contributed by atoms with van der Waals surface area (Å²) in [6.07, 6.45) is 6.96. The van der Waals surface area contributed by atoms with Crippen LogP contribution < -0.4 is 4.90 Å². The highest BCUT2D eigenvalue weighted by atomic mass is 16.5. The van der Waals surface area contributed by atoms with E-state index in [0.29, 0.717) is 18.8 Å². The number of methoxy groups -OCH3 is 1. The van der Waals surface area contributed by atoms with E-state index in [1.165, 1.54) is 0 Å². The van der Waals surface area contributed by atoms with Crippen molar-refractivity contribution < 1.29 is 9.84 Å². The minimum Gasteiger partial charge on any atom is -0.387 e. The van der Waals surface area contributed by atoms with Gasteiger partial charge in [0, 0.05) is 25.1 Å². The second-order valence-corrected chi connectivity index (χ2v) is 9.54. The zero-order valence-corrected chi connectivity index (χ0v) is 18.7. The first-order valence-corrected chi connectivity index (χ1v) is 11.1. The molecule has 0 spiro atoms. The van der Waals surface area contributed by atoms with Crippen molar-refractivity contribution in [1.82, 2.24) is 19.7 Å². The molecular weight excluding hydrogens is 404 g/mol. The van der Waals surface area contributed by atoms with Gasteiger partial charge in [-0.2, -0.15) is 10.4 Å². The first kappa shape index (κ1) is 20.9. The van der Waals surface area contributed by atoms with Gasteiger partial charge in [-0.15, -0.1) is 0 Å². The Morgan fingerprint density at radius 3 is 2.56 bits per heavy atom. The number of anilines is 1. The summed E-state index contributed by atoms with van der Waals surface area (Å²) >= 11 is 0. The predicted octanol–water partition coefficient (Wildman–Crippen LogP) is 3.13. The third-order valence-corrected chi connectivity index (χ3v) is 7.46. The molecule has 1 unspecified atom stereocenters. The van der Waals surface area contributed by atoms with E-state index < -0.39 is 11.2 Å². The fraction of sp³-hybridized carbons (Fsp3) is 0.500. The predicted molar refractivity (Wildman–Crippen MR) is 121 cm³/mol. The van der Waals surface area contributed by atoms with Crippen molar-refractivity contribution in [3.05, 3.63) is 42.4 Å². The summed E-state index contributed by atoms with van der Waals surface area (Å²) in [6, 6.07) is 10.6. The molecule has 8 heteroatoms. The molecule has 1 saturated carbocycles. The number of ether oxygens (including phenoxy) is 1. The first-order chi connectivity index (χ1) is 15.3. The molecule has 0 amide bonds. The highest BCUT2D eigenvalue weighted by molar-refractivity contribution is 5.81. The van der Waals surface area contributed by atoms with E-state index in [4.69, 9.17) is 4.74 Å². The second-order valence-electron chi connectivity index (χ2n) is 9.54. The second kappa shape index (κ2) is 7.26. The number of hydrogen-bond acceptors (Lipinski definition) is 7. The monoisotopic (exact) mass is 432 g/mol. The number of rotatable bonds is 5. The molecule has 0 radical (unpaired) electrons. The van der Waals surface area contributed by atoms with Gasteiger partial charge in [0.05, 0.1) is 35.3 Å². The molecule has 3 heterocycles. The van der Waals surface area contributed by atoms with Crippen molar-refractivity contribution in [2.24, 2.45) is 0 Å². The number of hydrogen-bond donors (Lipinski definition) is 1. The molecule has 1 atom stereocenters. The Morgan fingerprint density at radius 1 is 1.16 bits per heavy atom. The van der Waals surface area contributed by atoms with Gasteiger partial charge < -0.3 is 14.7 Å². The molecule has 1 aromatic carbocycles. The van der Waals surface area contributed by atoms with Gasteiger partial charge in [-0.05, 0) is 51.2 Å². The molecule has 2 aliphatic rings. The minimum absolute atomic E-state index is 0.379. The number of aromatic nitrogens is 4. The van der Waals surface area contributed by atoms with Crippen LogP contribution in [0.2, 0.25) is 0 Å². The molecule has 0 bridgehead atoms. The van der Waals surface area contributed by atoms with Crippen LogP contribution in [0.5, 0.6) is 0 Å². The molecule has 1 N–H and O–H groups in total. The summed E-state index contributed by atoms with van der Waals surface area (Å²) in [6.45, 7) is 4.84. The molecule has 3 aromatic rings. The summed E-state index contributed by atoms with van der Waals surface area (Å²) in [7, 11) is 1.65. The maximum Gasteiger partial charge on any atom is 0.159 e. The molecule has 2 aromatic heterocycles. The van der Waals surface area contributed by atoms with Crippen molar-refractivity contribution in [3.63, 3.8) is 0 Å². The minimum atomic E-state index is -0.973. The van der Waals surface area contributed by atoms with Crippen LogP contribution >= 0.6 is 0 Å². The Balaban J connectivity index is 1.50. The van der Waals surface area contributed by atoms with E-state index >= 15 is 0 Å². The molecule has 1 aliphatic heterocycles. The summed E-state index contributed by atoms with van der Waals surface area (Å²) < 4.78 is 7.58. The Morgan fingerprint density at radius 2 is 1.94 bits per heavy atom. The number of nitriles is 1. The fourth-order valence-corrected chi connectivity index (χ4v) is 5.01. The van der Waals surface area contributed by atoms with Gasteiger partial charge in [0.15, 0.2) is 5.82 Å². The topological polar surface area (TPSA) is 100 Å². The van der Waals surface area contributed by atoms with Gasteiger partial charge in [-0.3, -0.25) is 0 Å². The van der Waals surface area contributed by atoms with Crippen molar-refractivity contribution in [1.29, 1.82) is 5.26 Å².